The second-order valence-corrected chi connectivity index (χ2v) is 10.3. The van der Waals surface area contributed by atoms with Crippen molar-refractivity contribution in [2.24, 2.45) is 0 Å². The Morgan fingerprint density at radius 3 is 2.19 bits per heavy atom. The summed E-state index contributed by atoms with van der Waals surface area (Å²) in [6.45, 7) is 13.1. The second-order valence-electron chi connectivity index (χ2n) is 9.29. The molecule has 0 spiro atoms. The molecule has 1 aliphatic heterocycles. The van der Waals surface area contributed by atoms with Crippen molar-refractivity contribution in [3.05, 3.63) is 53.6 Å². The summed E-state index contributed by atoms with van der Waals surface area (Å²) in [4.78, 5) is 1.38. The van der Waals surface area contributed by atoms with E-state index in [1.807, 2.05) is 11.3 Å². The molecule has 0 bridgehead atoms. The Morgan fingerprint density at radius 1 is 0.815 bits per heavy atom. The summed E-state index contributed by atoms with van der Waals surface area (Å²) in [6, 6.07) is 15.4. The van der Waals surface area contributed by atoms with Crippen LogP contribution in [0.1, 0.15) is 52.7 Å². The predicted octanol–water partition coefficient (Wildman–Crippen LogP) is 5.51. The number of benzene rings is 2. The van der Waals surface area contributed by atoms with Crippen molar-refractivity contribution in [2.45, 2.75) is 58.2 Å². The Labute approximate surface area is 165 Å². The van der Waals surface area contributed by atoms with E-state index in [-0.39, 0.29) is 23.7 Å². The van der Waals surface area contributed by atoms with Gasteiger partial charge in [0.1, 0.15) is 0 Å². The standard InChI is InChI=1S/C23H25BO2S/c1-21(2)15-11-9-12-16(24-25-22(3,4)23(5,6)26-24)18(15)20-19(21)14-10-7-8-13-17(14)27-20/h7-13H,1-6H3. The fourth-order valence-electron chi connectivity index (χ4n) is 4.49. The molecule has 3 aromatic rings. The molecule has 5 rings (SSSR count). The Hall–Kier alpha value is -1.62. The van der Waals surface area contributed by atoms with Crippen molar-refractivity contribution in [3.63, 3.8) is 0 Å². The lowest BCUT2D eigenvalue weighted by Crippen LogP contribution is -2.41. The number of hydrogen-bond donors (Lipinski definition) is 0. The molecule has 0 atom stereocenters. The van der Waals surface area contributed by atoms with Crippen LogP contribution in [0.5, 0.6) is 0 Å². The molecule has 2 nitrogen and oxygen atoms in total. The topological polar surface area (TPSA) is 18.5 Å². The van der Waals surface area contributed by atoms with E-state index in [0.29, 0.717) is 0 Å². The van der Waals surface area contributed by atoms with Crippen molar-refractivity contribution in [1.29, 1.82) is 0 Å². The van der Waals surface area contributed by atoms with Crippen molar-refractivity contribution in [1.82, 2.24) is 0 Å². The van der Waals surface area contributed by atoms with Gasteiger partial charge in [-0.2, -0.15) is 0 Å². The third-order valence-corrected chi connectivity index (χ3v) is 7.91. The summed E-state index contributed by atoms with van der Waals surface area (Å²) >= 11 is 1.89. The van der Waals surface area contributed by atoms with Crippen LogP contribution in [0.25, 0.3) is 20.5 Å². The van der Waals surface area contributed by atoms with Gasteiger partial charge in [0.15, 0.2) is 0 Å². The average molecular weight is 376 g/mol. The molecule has 138 valence electrons. The van der Waals surface area contributed by atoms with Gasteiger partial charge >= 0.3 is 7.12 Å². The van der Waals surface area contributed by atoms with Gasteiger partial charge in [0.25, 0.3) is 0 Å². The Bertz CT molecular complexity index is 1060. The van der Waals surface area contributed by atoms with Crippen LogP contribution in [0.4, 0.5) is 0 Å². The Balaban J connectivity index is 1.76. The van der Waals surface area contributed by atoms with E-state index >= 15 is 0 Å². The zero-order chi connectivity index (χ0) is 19.2. The van der Waals surface area contributed by atoms with Crippen LogP contribution in [0, 0.1) is 0 Å². The molecule has 1 aliphatic carbocycles. The van der Waals surface area contributed by atoms with Gasteiger partial charge < -0.3 is 9.31 Å². The lowest BCUT2D eigenvalue weighted by atomic mass is 9.73. The maximum Gasteiger partial charge on any atom is 0.495 e. The minimum absolute atomic E-state index is 0.0239. The van der Waals surface area contributed by atoms with Gasteiger partial charge in [-0.15, -0.1) is 11.3 Å². The van der Waals surface area contributed by atoms with Gasteiger partial charge in [-0.05, 0) is 61.3 Å². The maximum atomic E-state index is 6.42. The molecule has 0 radical (unpaired) electrons. The molecular formula is C23H25BO2S. The summed E-state index contributed by atoms with van der Waals surface area (Å²) in [6.07, 6.45) is 0. The molecule has 27 heavy (non-hydrogen) atoms. The first kappa shape index (κ1) is 17.5. The summed E-state index contributed by atoms with van der Waals surface area (Å²) in [7, 11) is -0.336. The minimum Gasteiger partial charge on any atom is -0.399 e. The molecule has 0 N–H and O–H groups in total. The highest BCUT2D eigenvalue weighted by Crippen LogP contribution is 2.55. The normalized spacial score (nSPS) is 21.5. The number of rotatable bonds is 1. The molecule has 1 saturated heterocycles. The Kier molecular flexibility index (Phi) is 3.40. The summed E-state index contributed by atoms with van der Waals surface area (Å²) in [5, 5.41) is 1.37. The number of fused-ring (bicyclic) bond motifs is 5. The highest BCUT2D eigenvalue weighted by Gasteiger charge is 2.53. The first-order valence-electron chi connectivity index (χ1n) is 9.65. The van der Waals surface area contributed by atoms with E-state index in [0.717, 1.165) is 5.46 Å². The summed E-state index contributed by atoms with van der Waals surface area (Å²) in [5.41, 5.74) is 4.60. The monoisotopic (exact) mass is 376 g/mol. The van der Waals surface area contributed by atoms with Gasteiger partial charge in [-0.1, -0.05) is 50.2 Å². The zero-order valence-electron chi connectivity index (χ0n) is 16.8. The fraction of sp³-hybridized carbons (Fsp3) is 0.391. The van der Waals surface area contributed by atoms with Crippen LogP contribution < -0.4 is 5.46 Å². The quantitative estimate of drug-likeness (QED) is 0.522. The van der Waals surface area contributed by atoms with E-state index in [9.17, 15) is 0 Å². The van der Waals surface area contributed by atoms with E-state index < -0.39 is 0 Å². The molecular weight excluding hydrogens is 351 g/mol. The fourth-order valence-corrected chi connectivity index (χ4v) is 5.93. The third kappa shape index (κ3) is 2.21. The molecule has 1 fully saturated rings. The molecule has 2 aliphatic rings. The highest BCUT2D eigenvalue weighted by molar-refractivity contribution is 7.22. The summed E-state index contributed by atoms with van der Waals surface area (Å²) < 4.78 is 14.2. The van der Waals surface area contributed by atoms with Crippen LogP contribution in [0.15, 0.2) is 42.5 Å². The molecule has 0 amide bonds. The first-order valence-corrected chi connectivity index (χ1v) is 10.5. The second kappa shape index (κ2) is 5.25. The molecule has 1 aromatic heterocycles. The smallest absolute Gasteiger partial charge is 0.399 e. The maximum absolute atomic E-state index is 6.42. The largest absolute Gasteiger partial charge is 0.495 e. The lowest BCUT2D eigenvalue weighted by Gasteiger charge is -2.32. The first-order chi connectivity index (χ1) is 12.6. The predicted molar refractivity (Wildman–Crippen MR) is 115 cm³/mol. The van der Waals surface area contributed by atoms with Crippen molar-refractivity contribution < 1.29 is 9.31 Å². The molecule has 0 saturated carbocycles. The number of hydrogen-bond acceptors (Lipinski definition) is 3. The molecule has 4 heteroatoms. The SMILES string of the molecule is CC1(C)c2cccc(B3OC(C)(C)C(C)(C)O3)c2-c2sc3ccccc3c21. The van der Waals surface area contributed by atoms with Gasteiger partial charge in [-0.3, -0.25) is 0 Å². The van der Waals surface area contributed by atoms with Crippen LogP contribution in [-0.2, 0) is 14.7 Å². The Morgan fingerprint density at radius 2 is 1.48 bits per heavy atom. The molecule has 0 unspecified atom stereocenters. The zero-order valence-corrected chi connectivity index (χ0v) is 17.7. The van der Waals surface area contributed by atoms with Gasteiger partial charge in [0.2, 0.25) is 0 Å². The van der Waals surface area contributed by atoms with Gasteiger partial charge in [0, 0.05) is 15.0 Å². The van der Waals surface area contributed by atoms with Crippen LogP contribution in [0.3, 0.4) is 0 Å². The minimum atomic E-state index is -0.336. The van der Waals surface area contributed by atoms with Crippen molar-refractivity contribution >= 4 is 34.0 Å². The van der Waals surface area contributed by atoms with Crippen molar-refractivity contribution in [3.8, 4) is 10.4 Å². The number of thiophene rings is 1. The summed E-state index contributed by atoms with van der Waals surface area (Å²) in [5.74, 6) is 0. The van der Waals surface area contributed by atoms with Gasteiger partial charge in [-0.25, -0.2) is 0 Å². The van der Waals surface area contributed by atoms with E-state index in [4.69, 9.17) is 9.31 Å². The van der Waals surface area contributed by atoms with Crippen LogP contribution in [0.2, 0.25) is 0 Å². The van der Waals surface area contributed by atoms with Gasteiger partial charge in [0.05, 0.1) is 11.2 Å². The van der Waals surface area contributed by atoms with Crippen LogP contribution >= 0.6 is 11.3 Å². The van der Waals surface area contributed by atoms with E-state index in [2.05, 4.69) is 84.0 Å². The lowest BCUT2D eigenvalue weighted by molar-refractivity contribution is 0.00578. The highest BCUT2D eigenvalue weighted by atomic mass is 32.1. The van der Waals surface area contributed by atoms with E-state index in [1.54, 1.807) is 0 Å². The molecule has 2 heterocycles. The average Bonchev–Trinajstić information content (AvgIpc) is 3.16. The van der Waals surface area contributed by atoms with Crippen LogP contribution in [-0.4, -0.2) is 18.3 Å². The van der Waals surface area contributed by atoms with Crippen molar-refractivity contribution in [2.75, 3.05) is 0 Å². The molecule has 2 aromatic carbocycles. The van der Waals surface area contributed by atoms with E-state index in [1.165, 1.54) is 31.7 Å². The third-order valence-electron chi connectivity index (χ3n) is 6.72.